The van der Waals surface area contributed by atoms with Crippen LogP contribution in [-0.2, 0) is 15.3 Å². The van der Waals surface area contributed by atoms with Gasteiger partial charge in [-0.05, 0) is 67.8 Å². The predicted octanol–water partition coefficient (Wildman–Crippen LogP) is 7.41. The van der Waals surface area contributed by atoms with Gasteiger partial charge in [-0.3, -0.25) is 14.7 Å². The molecule has 0 N–H and O–H groups in total. The molecule has 0 bridgehead atoms. The van der Waals surface area contributed by atoms with E-state index in [2.05, 4.69) is 0 Å². The molecule has 0 saturated carbocycles. The number of halogens is 3. The van der Waals surface area contributed by atoms with Crippen LogP contribution in [0.1, 0.15) is 43.9 Å². The van der Waals surface area contributed by atoms with Gasteiger partial charge in [0.1, 0.15) is 22.9 Å². The number of nitrogens with zero attached hydrogens (tertiary/aromatic N) is 2. The quantitative estimate of drug-likeness (QED) is 0.168. The fraction of sp³-hybridized carbons (Fsp3) is 0.286. The van der Waals surface area contributed by atoms with Crippen molar-refractivity contribution in [1.29, 1.82) is 0 Å². The molecule has 5 nitrogen and oxygen atoms in total. The number of carbonyl (C=O) groups excluding carboxylic acids is 1. The van der Waals surface area contributed by atoms with E-state index in [9.17, 15) is 4.79 Å². The van der Waals surface area contributed by atoms with Gasteiger partial charge >= 0.3 is 0 Å². The van der Waals surface area contributed by atoms with Crippen molar-refractivity contribution >= 4 is 47.0 Å². The number of ether oxygens (including phenoxy) is 2. The lowest BCUT2D eigenvalue weighted by Crippen LogP contribution is -2.51. The van der Waals surface area contributed by atoms with Crippen molar-refractivity contribution in [2.75, 3.05) is 7.11 Å². The second-order valence-corrected chi connectivity index (χ2v) is 10.2. The Hall–Kier alpha value is -2.73. The van der Waals surface area contributed by atoms with E-state index in [0.29, 0.717) is 44.9 Å². The number of hydrogen-bond acceptors (Lipinski definition) is 4. The molecule has 36 heavy (non-hydrogen) atoms. The second-order valence-electron chi connectivity index (χ2n) is 8.79. The highest BCUT2D eigenvalue weighted by atomic mass is 35.5. The van der Waals surface area contributed by atoms with Crippen molar-refractivity contribution < 1.29 is 14.3 Å². The fourth-order valence-electron chi connectivity index (χ4n) is 4.68. The third-order valence-corrected chi connectivity index (χ3v) is 7.58. The Kier molecular flexibility index (Phi) is 7.56. The molecule has 0 aliphatic carbocycles. The van der Waals surface area contributed by atoms with Crippen LogP contribution in [0, 0.1) is 0 Å². The van der Waals surface area contributed by atoms with Crippen LogP contribution < -0.4 is 9.47 Å². The first-order chi connectivity index (χ1) is 17.2. The summed E-state index contributed by atoms with van der Waals surface area (Å²) >= 11 is 20.0. The normalized spacial score (nSPS) is 21.4. The van der Waals surface area contributed by atoms with Gasteiger partial charge in [0.25, 0.3) is 0 Å². The molecule has 0 spiro atoms. The standard InChI is InChI=1S/C28H27Cl3N2O3/c1-5-27(19-6-10-21(29)11-7-19)28(31,20-8-12-22(30)13-9-20)33(17-34)26(32-27)24-15-14-23(35-4)16-25(24)36-18(2)3/h6-18H,5H2,1-4H3/t27-,28-/m0/s1. The number of amidine groups is 1. The average Bonchev–Trinajstić information content (AvgIpc) is 3.13. The Labute approximate surface area is 226 Å². The number of methoxy groups -OCH3 is 1. The van der Waals surface area contributed by atoms with E-state index in [-0.39, 0.29) is 6.10 Å². The van der Waals surface area contributed by atoms with Crippen molar-refractivity contribution in [2.24, 2.45) is 4.99 Å². The number of hydrogen-bond donors (Lipinski definition) is 0. The summed E-state index contributed by atoms with van der Waals surface area (Å²) in [7, 11) is 1.59. The van der Waals surface area contributed by atoms with E-state index in [1.165, 1.54) is 4.90 Å². The Bertz CT molecular complexity index is 1280. The smallest absolute Gasteiger partial charge is 0.217 e. The van der Waals surface area contributed by atoms with Crippen LogP contribution in [0.25, 0.3) is 0 Å². The van der Waals surface area contributed by atoms with Gasteiger partial charge in [-0.1, -0.05) is 66.0 Å². The molecule has 0 unspecified atom stereocenters. The molecule has 1 amide bonds. The SMILES string of the molecule is CC[C@@]1(c2ccc(Cl)cc2)N=C(c2ccc(OC)cc2OC(C)C)N(C=O)[C@@]1(Cl)c1ccc(Cl)cc1. The number of alkyl halides is 1. The van der Waals surface area contributed by atoms with Crippen molar-refractivity contribution in [2.45, 2.75) is 43.8 Å². The second kappa shape index (κ2) is 10.3. The maximum Gasteiger partial charge on any atom is 0.217 e. The number of aliphatic imine (C=N–C) groups is 1. The van der Waals surface area contributed by atoms with E-state index >= 15 is 0 Å². The number of rotatable bonds is 8. The summed E-state index contributed by atoms with van der Waals surface area (Å²) in [4.78, 5) is 18.1. The van der Waals surface area contributed by atoms with Crippen LogP contribution in [0.3, 0.4) is 0 Å². The molecule has 1 aliphatic heterocycles. The number of benzene rings is 3. The lowest BCUT2D eigenvalue weighted by atomic mass is 9.77. The van der Waals surface area contributed by atoms with E-state index < -0.39 is 10.5 Å². The summed E-state index contributed by atoms with van der Waals surface area (Å²) in [6, 6.07) is 20.0. The lowest BCUT2D eigenvalue weighted by molar-refractivity contribution is -0.117. The maximum atomic E-state index is 12.8. The molecule has 8 heteroatoms. The summed E-state index contributed by atoms with van der Waals surface area (Å²) in [6.07, 6.45) is 1.09. The minimum atomic E-state index is -1.40. The molecule has 3 aromatic carbocycles. The summed E-state index contributed by atoms with van der Waals surface area (Å²) in [5, 5.41) is 1.15. The van der Waals surface area contributed by atoms with Crippen LogP contribution in [0.15, 0.2) is 71.7 Å². The van der Waals surface area contributed by atoms with Crippen LogP contribution in [0.2, 0.25) is 10.0 Å². The van der Waals surface area contributed by atoms with Gasteiger partial charge in [-0.2, -0.15) is 0 Å². The van der Waals surface area contributed by atoms with E-state index in [1.807, 2.05) is 51.1 Å². The van der Waals surface area contributed by atoms with Crippen LogP contribution in [0.4, 0.5) is 0 Å². The van der Waals surface area contributed by atoms with Gasteiger partial charge in [-0.25, -0.2) is 0 Å². The van der Waals surface area contributed by atoms with E-state index in [0.717, 1.165) is 12.0 Å². The Balaban J connectivity index is 2.04. The Morgan fingerprint density at radius 1 is 0.972 bits per heavy atom. The zero-order valence-corrected chi connectivity index (χ0v) is 22.7. The largest absolute Gasteiger partial charge is 0.497 e. The molecule has 0 radical (unpaired) electrons. The van der Waals surface area contributed by atoms with E-state index in [4.69, 9.17) is 49.3 Å². The highest BCUT2D eigenvalue weighted by molar-refractivity contribution is 6.31. The highest BCUT2D eigenvalue weighted by Crippen LogP contribution is 2.57. The molecule has 1 aliphatic rings. The highest BCUT2D eigenvalue weighted by Gasteiger charge is 2.61. The minimum absolute atomic E-state index is 0.119. The maximum absolute atomic E-state index is 12.8. The zero-order valence-electron chi connectivity index (χ0n) is 20.5. The molecular weight excluding hydrogens is 519 g/mol. The van der Waals surface area contributed by atoms with Crippen LogP contribution in [0.5, 0.6) is 11.5 Å². The molecule has 0 fully saturated rings. The van der Waals surface area contributed by atoms with E-state index in [1.54, 1.807) is 43.5 Å². The predicted molar refractivity (Wildman–Crippen MR) is 146 cm³/mol. The monoisotopic (exact) mass is 544 g/mol. The van der Waals surface area contributed by atoms with Crippen LogP contribution >= 0.6 is 34.8 Å². The fourth-order valence-corrected chi connectivity index (χ4v) is 5.46. The summed E-state index contributed by atoms with van der Waals surface area (Å²) in [5.41, 5.74) is 1.08. The summed E-state index contributed by atoms with van der Waals surface area (Å²) < 4.78 is 11.5. The number of carbonyl (C=O) groups is 1. The summed E-state index contributed by atoms with van der Waals surface area (Å²) in [6.45, 7) is 5.86. The van der Waals surface area contributed by atoms with Gasteiger partial charge in [0.15, 0.2) is 5.00 Å². The third kappa shape index (κ3) is 4.34. The Morgan fingerprint density at radius 2 is 1.56 bits per heavy atom. The molecule has 1 heterocycles. The molecular formula is C28H27Cl3N2O3. The van der Waals surface area contributed by atoms with Gasteiger partial charge in [0.05, 0.1) is 18.8 Å². The van der Waals surface area contributed by atoms with Gasteiger partial charge in [-0.15, -0.1) is 0 Å². The first kappa shape index (κ1) is 26.3. The first-order valence-corrected chi connectivity index (χ1v) is 12.7. The Morgan fingerprint density at radius 3 is 2.06 bits per heavy atom. The number of amides is 1. The minimum Gasteiger partial charge on any atom is -0.497 e. The van der Waals surface area contributed by atoms with Crippen molar-refractivity contribution in [3.63, 3.8) is 0 Å². The topological polar surface area (TPSA) is 51.1 Å². The van der Waals surface area contributed by atoms with Crippen molar-refractivity contribution in [3.8, 4) is 11.5 Å². The van der Waals surface area contributed by atoms with Gasteiger partial charge in [0, 0.05) is 16.1 Å². The molecule has 188 valence electrons. The third-order valence-electron chi connectivity index (χ3n) is 6.36. The molecule has 3 aromatic rings. The molecule has 4 rings (SSSR count). The van der Waals surface area contributed by atoms with Crippen LogP contribution in [-0.4, -0.2) is 30.4 Å². The molecule has 0 aromatic heterocycles. The van der Waals surface area contributed by atoms with Crippen molar-refractivity contribution in [1.82, 2.24) is 4.90 Å². The zero-order chi connectivity index (χ0) is 26.1. The van der Waals surface area contributed by atoms with Crippen molar-refractivity contribution in [3.05, 3.63) is 93.5 Å². The first-order valence-electron chi connectivity index (χ1n) is 11.6. The lowest BCUT2D eigenvalue weighted by Gasteiger charge is -2.43. The molecule has 2 atom stereocenters. The molecule has 0 saturated heterocycles. The average molecular weight is 546 g/mol. The van der Waals surface area contributed by atoms with Gasteiger partial charge < -0.3 is 9.47 Å². The van der Waals surface area contributed by atoms with Gasteiger partial charge in [0.2, 0.25) is 6.41 Å². The summed E-state index contributed by atoms with van der Waals surface area (Å²) in [5.74, 6) is 1.55.